The number of aryl methyl sites for hydroxylation is 2. The van der Waals surface area contributed by atoms with Gasteiger partial charge in [-0.05, 0) is 48.7 Å². The van der Waals surface area contributed by atoms with Gasteiger partial charge in [-0.15, -0.1) is 0 Å². The summed E-state index contributed by atoms with van der Waals surface area (Å²) in [4.78, 5) is 16.7. The molecule has 0 radical (unpaired) electrons. The molecule has 0 saturated carbocycles. The molecule has 2 N–H and O–H groups in total. The van der Waals surface area contributed by atoms with Crippen LogP contribution in [0.2, 0.25) is 0 Å². The van der Waals surface area contributed by atoms with Gasteiger partial charge < -0.3 is 15.4 Å². The summed E-state index contributed by atoms with van der Waals surface area (Å²) in [6.07, 6.45) is 2.62. The predicted molar refractivity (Wildman–Crippen MR) is 109 cm³/mol. The quantitative estimate of drug-likeness (QED) is 0.651. The average Bonchev–Trinajstić information content (AvgIpc) is 2.70. The van der Waals surface area contributed by atoms with Crippen molar-refractivity contribution in [3.8, 4) is 5.75 Å². The molecule has 1 heterocycles. The van der Waals surface area contributed by atoms with Gasteiger partial charge >= 0.3 is 0 Å². The lowest BCUT2D eigenvalue weighted by Gasteiger charge is -2.14. The lowest BCUT2D eigenvalue weighted by Crippen LogP contribution is -2.13. The van der Waals surface area contributed by atoms with E-state index < -0.39 is 0 Å². The van der Waals surface area contributed by atoms with E-state index in [1.807, 2.05) is 18.2 Å². The summed E-state index contributed by atoms with van der Waals surface area (Å²) in [7, 11) is 1.59. The van der Waals surface area contributed by atoms with Crippen LogP contribution in [0.5, 0.6) is 5.75 Å². The van der Waals surface area contributed by atoms with Crippen molar-refractivity contribution in [3.63, 3.8) is 0 Å². The van der Waals surface area contributed by atoms with E-state index in [1.54, 1.807) is 31.5 Å². The molecule has 0 aliphatic rings. The number of methoxy groups -OCH3 is 1. The van der Waals surface area contributed by atoms with Crippen LogP contribution in [-0.4, -0.2) is 18.0 Å². The van der Waals surface area contributed by atoms with Crippen molar-refractivity contribution in [1.82, 2.24) is 4.98 Å². The summed E-state index contributed by atoms with van der Waals surface area (Å²) in [6, 6.07) is 17.0. The van der Waals surface area contributed by atoms with Crippen molar-refractivity contribution in [2.75, 3.05) is 17.7 Å². The van der Waals surface area contributed by atoms with E-state index in [0.29, 0.717) is 17.1 Å². The molecule has 1 aromatic heterocycles. The predicted octanol–water partition coefficient (Wildman–Crippen LogP) is 4.96. The summed E-state index contributed by atoms with van der Waals surface area (Å²) in [5.74, 6) is 0.421. The van der Waals surface area contributed by atoms with Gasteiger partial charge in [0.2, 0.25) is 0 Å². The van der Waals surface area contributed by atoms with Gasteiger partial charge in [0.1, 0.15) is 11.4 Å². The van der Waals surface area contributed by atoms with Crippen molar-refractivity contribution in [1.29, 1.82) is 0 Å². The van der Waals surface area contributed by atoms with E-state index in [1.165, 1.54) is 11.1 Å². The van der Waals surface area contributed by atoms with E-state index in [0.717, 1.165) is 17.8 Å². The number of benzene rings is 2. The first-order valence-electron chi connectivity index (χ1n) is 8.87. The Kier molecular flexibility index (Phi) is 5.71. The van der Waals surface area contributed by atoms with Crippen molar-refractivity contribution in [3.05, 3.63) is 77.6 Å². The number of hydrogen-bond donors (Lipinski definition) is 2. The van der Waals surface area contributed by atoms with Crippen molar-refractivity contribution in [2.45, 2.75) is 20.3 Å². The number of para-hydroxylation sites is 1. The second-order valence-electron chi connectivity index (χ2n) is 6.21. The summed E-state index contributed by atoms with van der Waals surface area (Å²) in [6.45, 7) is 4.20. The zero-order chi connectivity index (χ0) is 19.2. The minimum atomic E-state index is -0.264. The van der Waals surface area contributed by atoms with E-state index in [-0.39, 0.29) is 5.91 Å². The highest BCUT2D eigenvalue weighted by Crippen LogP contribution is 2.25. The molecule has 2 aromatic carbocycles. The fourth-order valence-electron chi connectivity index (χ4n) is 2.84. The third-order valence-corrected chi connectivity index (χ3v) is 4.33. The molecule has 5 heteroatoms. The molecule has 0 saturated heterocycles. The highest BCUT2D eigenvalue weighted by atomic mass is 16.5. The number of nitrogens with one attached hydrogen (secondary N) is 2. The van der Waals surface area contributed by atoms with E-state index in [2.05, 4.69) is 47.7 Å². The van der Waals surface area contributed by atoms with Gasteiger partial charge in [-0.2, -0.15) is 0 Å². The first-order valence-corrected chi connectivity index (χ1v) is 8.87. The molecule has 3 rings (SSSR count). The Morgan fingerprint density at radius 1 is 1.07 bits per heavy atom. The van der Waals surface area contributed by atoms with Crippen LogP contribution in [0.15, 0.2) is 60.8 Å². The van der Waals surface area contributed by atoms with Gasteiger partial charge in [-0.1, -0.05) is 31.2 Å². The zero-order valence-corrected chi connectivity index (χ0v) is 15.7. The van der Waals surface area contributed by atoms with Crippen LogP contribution in [0.1, 0.15) is 28.5 Å². The van der Waals surface area contributed by atoms with Crippen LogP contribution < -0.4 is 15.4 Å². The number of rotatable bonds is 6. The largest absolute Gasteiger partial charge is 0.497 e. The molecule has 0 spiro atoms. The summed E-state index contributed by atoms with van der Waals surface area (Å²) >= 11 is 0. The lowest BCUT2D eigenvalue weighted by atomic mass is 10.1. The van der Waals surface area contributed by atoms with E-state index in [9.17, 15) is 4.79 Å². The molecule has 0 unspecified atom stereocenters. The molecule has 5 nitrogen and oxygen atoms in total. The van der Waals surface area contributed by atoms with Gasteiger partial charge in [0.05, 0.1) is 19.0 Å². The Morgan fingerprint density at radius 2 is 1.89 bits per heavy atom. The monoisotopic (exact) mass is 361 g/mol. The van der Waals surface area contributed by atoms with Crippen molar-refractivity contribution < 1.29 is 9.53 Å². The number of carbonyl (C=O) groups is 1. The SMILES string of the molecule is CCc1cccc(C)c1Nc1ccc(C(=O)Nc2cccc(OC)c2)nc1. The molecular weight excluding hydrogens is 338 g/mol. The van der Waals surface area contributed by atoms with E-state index >= 15 is 0 Å². The first kappa shape index (κ1) is 18.5. The van der Waals surface area contributed by atoms with Gasteiger partial charge in [-0.25, -0.2) is 4.98 Å². The Morgan fingerprint density at radius 3 is 2.59 bits per heavy atom. The second-order valence-corrected chi connectivity index (χ2v) is 6.21. The minimum absolute atomic E-state index is 0.264. The fraction of sp³-hybridized carbons (Fsp3) is 0.182. The molecule has 1 amide bonds. The second kappa shape index (κ2) is 8.36. The number of ether oxygens (including phenoxy) is 1. The molecular formula is C22H23N3O2. The van der Waals surface area contributed by atoms with Crippen molar-refractivity contribution >= 4 is 23.0 Å². The Bertz CT molecular complexity index is 937. The highest BCUT2D eigenvalue weighted by Gasteiger charge is 2.09. The van der Waals surface area contributed by atoms with Crippen LogP contribution in [0.4, 0.5) is 17.1 Å². The van der Waals surface area contributed by atoms with Gasteiger partial charge in [0.15, 0.2) is 0 Å². The zero-order valence-electron chi connectivity index (χ0n) is 15.7. The Balaban J connectivity index is 1.72. The van der Waals surface area contributed by atoms with Gasteiger partial charge in [0.25, 0.3) is 5.91 Å². The standard InChI is InChI=1S/C22H23N3O2/c1-4-16-8-5-7-15(2)21(16)24-18-11-12-20(23-14-18)22(26)25-17-9-6-10-19(13-17)27-3/h5-14,24H,4H2,1-3H3,(H,25,26). The molecule has 0 bridgehead atoms. The van der Waals surface area contributed by atoms with Crippen LogP contribution in [0.3, 0.4) is 0 Å². The number of anilines is 3. The van der Waals surface area contributed by atoms with Crippen LogP contribution in [0.25, 0.3) is 0 Å². The molecule has 138 valence electrons. The highest BCUT2D eigenvalue weighted by molar-refractivity contribution is 6.03. The third-order valence-electron chi connectivity index (χ3n) is 4.33. The lowest BCUT2D eigenvalue weighted by molar-refractivity contribution is 0.102. The fourth-order valence-corrected chi connectivity index (χ4v) is 2.84. The maximum Gasteiger partial charge on any atom is 0.274 e. The molecule has 0 aliphatic heterocycles. The number of amides is 1. The minimum Gasteiger partial charge on any atom is -0.497 e. The van der Waals surface area contributed by atoms with Gasteiger partial charge in [-0.3, -0.25) is 4.79 Å². The molecule has 0 fully saturated rings. The third kappa shape index (κ3) is 4.44. The number of pyridine rings is 1. The summed E-state index contributed by atoms with van der Waals surface area (Å²) in [5.41, 5.74) is 5.37. The maximum absolute atomic E-state index is 12.4. The summed E-state index contributed by atoms with van der Waals surface area (Å²) < 4.78 is 5.17. The number of hydrogen-bond acceptors (Lipinski definition) is 4. The molecule has 0 atom stereocenters. The van der Waals surface area contributed by atoms with E-state index in [4.69, 9.17) is 4.74 Å². The molecule has 27 heavy (non-hydrogen) atoms. The number of nitrogens with zero attached hydrogens (tertiary/aromatic N) is 1. The van der Waals surface area contributed by atoms with Crippen LogP contribution in [-0.2, 0) is 6.42 Å². The Labute approximate surface area is 159 Å². The van der Waals surface area contributed by atoms with Crippen molar-refractivity contribution in [2.24, 2.45) is 0 Å². The maximum atomic E-state index is 12.4. The smallest absolute Gasteiger partial charge is 0.274 e. The van der Waals surface area contributed by atoms with Crippen LogP contribution in [0, 0.1) is 6.92 Å². The van der Waals surface area contributed by atoms with Crippen LogP contribution >= 0.6 is 0 Å². The summed E-state index contributed by atoms with van der Waals surface area (Å²) in [5, 5.41) is 6.24. The Hall–Kier alpha value is -3.34. The normalized spacial score (nSPS) is 10.3. The first-order chi connectivity index (χ1) is 13.1. The van der Waals surface area contributed by atoms with Gasteiger partial charge in [0, 0.05) is 17.4 Å². The molecule has 0 aliphatic carbocycles. The molecule has 3 aromatic rings. The topological polar surface area (TPSA) is 63.2 Å². The number of aromatic nitrogens is 1. The average molecular weight is 361 g/mol. The number of carbonyl (C=O) groups excluding carboxylic acids is 1.